The molecule has 0 unspecified atom stereocenters. The van der Waals surface area contributed by atoms with E-state index >= 15 is 0 Å². The Kier molecular flexibility index (Phi) is 8.84. The molecular weight excluding hydrogens is 462 g/mol. The lowest BCUT2D eigenvalue weighted by Crippen LogP contribution is -2.13. The summed E-state index contributed by atoms with van der Waals surface area (Å²) in [7, 11) is 1.61. The third kappa shape index (κ3) is 7.03. The van der Waals surface area contributed by atoms with Crippen molar-refractivity contribution in [1.29, 1.82) is 0 Å². The molecule has 0 amide bonds. The molecule has 2 heterocycles. The molecule has 0 atom stereocenters. The van der Waals surface area contributed by atoms with E-state index in [2.05, 4.69) is 20.2 Å². The van der Waals surface area contributed by atoms with E-state index in [4.69, 9.17) is 9.47 Å². The van der Waals surface area contributed by atoms with Crippen molar-refractivity contribution in [2.75, 3.05) is 19.5 Å². The average molecular weight is 488 g/mol. The Hall–Kier alpha value is -2.92. The van der Waals surface area contributed by atoms with Gasteiger partial charge in [-0.15, -0.1) is 10.2 Å². The van der Waals surface area contributed by atoms with Crippen LogP contribution in [0.1, 0.15) is 30.6 Å². The van der Waals surface area contributed by atoms with E-state index in [1.807, 2.05) is 48.7 Å². The number of hydrogen-bond acceptors (Lipinski definition) is 10. The highest BCUT2D eigenvalue weighted by Crippen LogP contribution is 2.27. The predicted octanol–water partition coefficient (Wildman–Crippen LogP) is 3.59. The summed E-state index contributed by atoms with van der Waals surface area (Å²) in [5.74, 6) is 1.23. The lowest BCUT2D eigenvalue weighted by Gasteiger charge is -2.11. The van der Waals surface area contributed by atoms with Crippen LogP contribution in [0.4, 0.5) is 0 Å². The largest absolute Gasteiger partial charge is 0.497 e. The number of thioether (sulfide) groups is 2. The molecule has 0 aliphatic heterocycles. The van der Waals surface area contributed by atoms with Gasteiger partial charge in [-0.1, -0.05) is 23.5 Å². The topological polar surface area (TPSA) is 109 Å². The second-order valence-electron chi connectivity index (χ2n) is 6.96. The first-order valence-corrected chi connectivity index (χ1v) is 12.2. The number of benzene rings is 1. The molecule has 0 N–H and O–H groups in total. The Bertz CT molecular complexity index is 1100. The summed E-state index contributed by atoms with van der Waals surface area (Å²) in [5, 5.41) is 9.85. The molecule has 0 saturated heterocycles. The van der Waals surface area contributed by atoms with Gasteiger partial charge in [-0.3, -0.25) is 14.2 Å². The maximum Gasteiger partial charge on any atom is 0.313 e. The molecule has 174 valence electrons. The van der Waals surface area contributed by atoms with Crippen LogP contribution in [0.3, 0.4) is 0 Å². The fourth-order valence-corrected chi connectivity index (χ4v) is 4.63. The average Bonchev–Trinajstić information content (AvgIpc) is 3.18. The monoisotopic (exact) mass is 487 g/mol. The quantitative estimate of drug-likeness (QED) is 0.172. The van der Waals surface area contributed by atoms with Gasteiger partial charge in [-0.25, -0.2) is 9.97 Å². The van der Waals surface area contributed by atoms with Crippen LogP contribution in [0.25, 0.3) is 5.69 Å². The summed E-state index contributed by atoms with van der Waals surface area (Å²) < 4.78 is 12.0. The van der Waals surface area contributed by atoms with Crippen molar-refractivity contribution >= 4 is 35.3 Å². The molecular formula is C22H25N5O4S2. The van der Waals surface area contributed by atoms with Crippen molar-refractivity contribution in [3.8, 4) is 11.4 Å². The van der Waals surface area contributed by atoms with Crippen LogP contribution in [0.15, 0.2) is 40.6 Å². The first-order valence-electron chi connectivity index (χ1n) is 10.2. The number of aromatic nitrogens is 5. The number of carbonyl (C=O) groups excluding carboxylic acids is 2. The van der Waals surface area contributed by atoms with Crippen LogP contribution in [-0.2, 0) is 20.1 Å². The number of methoxy groups -OCH3 is 1. The minimum atomic E-state index is -0.523. The summed E-state index contributed by atoms with van der Waals surface area (Å²) in [4.78, 5) is 32.7. The predicted molar refractivity (Wildman–Crippen MR) is 126 cm³/mol. The summed E-state index contributed by atoms with van der Waals surface area (Å²) in [6, 6.07) is 9.41. The van der Waals surface area contributed by atoms with Crippen molar-refractivity contribution < 1.29 is 19.1 Å². The van der Waals surface area contributed by atoms with E-state index in [9.17, 15) is 9.59 Å². The van der Waals surface area contributed by atoms with Crippen molar-refractivity contribution in [1.82, 2.24) is 24.7 Å². The maximum absolute atomic E-state index is 12.2. The van der Waals surface area contributed by atoms with Crippen LogP contribution >= 0.6 is 23.5 Å². The molecule has 1 aromatic carbocycles. The number of aryl methyl sites for hydroxylation is 2. The van der Waals surface area contributed by atoms with E-state index in [-0.39, 0.29) is 24.6 Å². The summed E-state index contributed by atoms with van der Waals surface area (Å²) in [6.45, 7) is 5.81. The molecule has 0 aliphatic rings. The van der Waals surface area contributed by atoms with E-state index in [0.717, 1.165) is 22.8 Å². The van der Waals surface area contributed by atoms with Gasteiger partial charge >= 0.3 is 5.97 Å². The van der Waals surface area contributed by atoms with Gasteiger partial charge < -0.3 is 9.47 Å². The van der Waals surface area contributed by atoms with Gasteiger partial charge in [0.2, 0.25) is 0 Å². The molecule has 0 aliphatic carbocycles. The number of rotatable bonds is 11. The second-order valence-corrected chi connectivity index (χ2v) is 8.85. The van der Waals surface area contributed by atoms with Gasteiger partial charge in [0.1, 0.15) is 18.0 Å². The Morgan fingerprint density at radius 1 is 1.03 bits per heavy atom. The number of hydrogen-bond donors (Lipinski definition) is 0. The number of ketones is 1. The number of Topliss-reactive ketones (excluding diaryl/α,β-unsaturated/α-hetero) is 1. The normalized spacial score (nSPS) is 10.8. The van der Waals surface area contributed by atoms with Gasteiger partial charge in [-0.05, 0) is 51.1 Å². The summed E-state index contributed by atoms with van der Waals surface area (Å²) >= 11 is 2.69. The van der Waals surface area contributed by atoms with Crippen molar-refractivity contribution in [3.05, 3.63) is 47.5 Å². The Labute approximate surface area is 200 Å². The molecule has 9 nitrogen and oxygen atoms in total. The molecule has 33 heavy (non-hydrogen) atoms. The zero-order chi connectivity index (χ0) is 23.8. The smallest absolute Gasteiger partial charge is 0.313 e. The van der Waals surface area contributed by atoms with E-state index in [0.29, 0.717) is 21.9 Å². The van der Waals surface area contributed by atoms with Gasteiger partial charge in [0.15, 0.2) is 16.1 Å². The second kappa shape index (κ2) is 11.8. The third-order valence-corrected chi connectivity index (χ3v) is 6.16. The van der Waals surface area contributed by atoms with Crippen molar-refractivity contribution in [2.45, 2.75) is 43.3 Å². The Morgan fingerprint density at radius 2 is 1.73 bits per heavy atom. The van der Waals surface area contributed by atoms with E-state index < -0.39 is 5.97 Å². The number of nitrogens with zero attached hydrogens (tertiary/aromatic N) is 5. The third-order valence-electron chi connectivity index (χ3n) is 4.33. The molecule has 3 rings (SSSR count). The molecule has 2 aromatic heterocycles. The first kappa shape index (κ1) is 24.7. The van der Waals surface area contributed by atoms with Crippen LogP contribution in [0, 0.1) is 13.8 Å². The zero-order valence-corrected chi connectivity index (χ0v) is 20.5. The number of carbonyl (C=O) groups is 2. The first-order chi connectivity index (χ1) is 15.9. The van der Waals surface area contributed by atoms with E-state index in [1.54, 1.807) is 14.0 Å². The molecule has 0 saturated carbocycles. The van der Waals surface area contributed by atoms with Crippen molar-refractivity contribution in [3.63, 3.8) is 0 Å². The Balaban J connectivity index is 1.81. The highest BCUT2D eigenvalue weighted by Gasteiger charge is 2.18. The number of esters is 1. The lowest BCUT2D eigenvalue weighted by atomic mass is 10.3. The SMILES string of the molecule is CCOC(=O)CC(=O)CSc1nnc(CSc2nc(C)cc(C)n2)n1-c1ccc(OC)cc1. The fraction of sp³-hybridized carbons (Fsp3) is 0.364. The molecule has 0 spiro atoms. The highest BCUT2D eigenvalue weighted by atomic mass is 32.2. The maximum atomic E-state index is 12.2. The van der Waals surface area contributed by atoms with E-state index in [1.165, 1.54) is 23.5 Å². The van der Waals surface area contributed by atoms with Gasteiger partial charge in [0, 0.05) is 17.1 Å². The molecule has 0 bridgehead atoms. The zero-order valence-electron chi connectivity index (χ0n) is 18.9. The number of ether oxygens (including phenoxy) is 2. The highest BCUT2D eigenvalue weighted by molar-refractivity contribution is 7.99. The van der Waals surface area contributed by atoms with Gasteiger partial charge in [0.05, 0.1) is 25.2 Å². The Morgan fingerprint density at radius 3 is 2.36 bits per heavy atom. The molecule has 0 fully saturated rings. The minimum absolute atomic E-state index is 0.0838. The van der Waals surface area contributed by atoms with Crippen LogP contribution in [-0.4, -0.2) is 56.0 Å². The minimum Gasteiger partial charge on any atom is -0.497 e. The summed E-state index contributed by atoms with van der Waals surface area (Å²) in [6.07, 6.45) is -0.260. The van der Waals surface area contributed by atoms with Gasteiger partial charge in [-0.2, -0.15) is 0 Å². The van der Waals surface area contributed by atoms with Crippen LogP contribution in [0.2, 0.25) is 0 Å². The molecule has 0 radical (unpaired) electrons. The summed E-state index contributed by atoms with van der Waals surface area (Å²) in [5.41, 5.74) is 2.63. The van der Waals surface area contributed by atoms with Crippen LogP contribution < -0.4 is 4.74 Å². The molecule has 11 heteroatoms. The standard InChI is InChI=1S/C22H25N5O4S2/c1-5-31-20(29)11-17(28)12-33-22-26-25-19(13-32-21-23-14(2)10-15(3)24-21)27(22)16-6-8-18(30-4)9-7-16/h6-10H,5,11-13H2,1-4H3. The van der Waals surface area contributed by atoms with Gasteiger partial charge in [0.25, 0.3) is 0 Å². The van der Waals surface area contributed by atoms with Crippen LogP contribution in [0.5, 0.6) is 5.75 Å². The van der Waals surface area contributed by atoms with Crippen molar-refractivity contribution in [2.24, 2.45) is 0 Å². The lowest BCUT2D eigenvalue weighted by molar-refractivity contribution is -0.145. The fourth-order valence-electron chi connectivity index (χ4n) is 2.93. The molecule has 3 aromatic rings.